The van der Waals surface area contributed by atoms with E-state index in [1.807, 2.05) is 19.1 Å². The monoisotopic (exact) mass is 403 g/mol. The Labute approximate surface area is 168 Å². The molecule has 0 aliphatic carbocycles. The van der Waals surface area contributed by atoms with Crippen LogP contribution in [0.5, 0.6) is 17.2 Å². The molecule has 8 nitrogen and oxygen atoms in total. The number of amides is 2. The number of hydrogen-bond donors (Lipinski definition) is 3. The molecule has 3 N–H and O–H groups in total. The van der Waals surface area contributed by atoms with E-state index in [1.54, 1.807) is 12.1 Å². The predicted octanol–water partition coefficient (Wildman–Crippen LogP) is 1.97. The number of thiocarbonyl (C=S) groups is 1. The summed E-state index contributed by atoms with van der Waals surface area (Å²) >= 11 is 5.05. The number of carbonyl (C=O) groups excluding carboxylic acids is 2. The van der Waals surface area contributed by atoms with Crippen molar-refractivity contribution in [2.24, 2.45) is 0 Å². The van der Waals surface area contributed by atoms with Crippen LogP contribution in [0, 0.1) is 6.92 Å². The Bertz CT molecular complexity index is 859. The van der Waals surface area contributed by atoms with Gasteiger partial charge in [0.1, 0.15) is 0 Å². The van der Waals surface area contributed by atoms with E-state index in [1.165, 1.54) is 33.5 Å². The van der Waals surface area contributed by atoms with E-state index in [4.69, 9.17) is 26.4 Å². The third-order valence-corrected chi connectivity index (χ3v) is 3.96. The highest BCUT2D eigenvalue weighted by Gasteiger charge is 2.17. The first-order chi connectivity index (χ1) is 13.4. The number of hydrazine groups is 1. The molecule has 0 bridgehead atoms. The van der Waals surface area contributed by atoms with Gasteiger partial charge in [-0.15, -0.1) is 0 Å². The maximum atomic E-state index is 12.4. The Morgan fingerprint density at radius 1 is 0.821 bits per heavy atom. The molecular weight excluding hydrogens is 382 g/mol. The van der Waals surface area contributed by atoms with Crippen LogP contribution in [-0.2, 0) is 0 Å². The van der Waals surface area contributed by atoms with Crippen LogP contribution in [0.2, 0.25) is 0 Å². The SMILES string of the molecule is COc1cc(C(=O)NC(=S)NNC(=O)c2ccc(C)cc2)cc(OC)c1OC. The highest BCUT2D eigenvalue weighted by atomic mass is 32.1. The first kappa shape index (κ1) is 21.0. The molecule has 2 aromatic rings. The summed E-state index contributed by atoms with van der Waals surface area (Å²) in [6, 6.07) is 9.99. The second-order valence-electron chi connectivity index (χ2n) is 5.64. The van der Waals surface area contributed by atoms with Gasteiger partial charge >= 0.3 is 0 Å². The largest absolute Gasteiger partial charge is 0.493 e. The number of hydrogen-bond acceptors (Lipinski definition) is 6. The molecule has 0 fully saturated rings. The minimum absolute atomic E-state index is 0.0702. The number of benzene rings is 2. The van der Waals surface area contributed by atoms with E-state index in [0.29, 0.717) is 22.8 Å². The zero-order chi connectivity index (χ0) is 20.7. The van der Waals surface area contributed by atoms with Gasteiger partial charge in [0.15, 0.2) is 16.6 Å². The van der Waals surface area contributed by atoms with Gasteiger partial charge in [0, 0.05) is 11.1 Å². The van der Waals surface area contributed by atoms with Gasteiger partial charge in [-0.05, 0) is 43.4 Å². The van der Waals surface area contributed by atoms with Crippen LogP contribution in [-0.4, -0.2) is 38.3 Å². The molecule has 2 amide bonds. The molecule has 28 heavy (non-hydrogen) atoms. The van der Waals surface area contributed by atoms with Crippen molar-refractivity contribution in [1.82, 2.24) is 16.2 Å². The van der Waals surface area contributed by atoms with Crippen molar-refractivity contribution in [2.75, 3.05) is 21.3 Å². The number of carbonyl (C=O) groups is 2. The standard InChI is InChI=1S/C19H21N3O5S/c1-11-5-7-12(8-6-11)18(24)21-22-19(28)20-17(23)13-9-14(25-2)16(27-4)15(10-13)26-3/h5-10H,1-4H3,(H,21,24)(H2,20,22,23,28). The fourth-order valence-electron chi connectivity index (χ4n) is 2.31. The maximum absolute atomic E-state index is 12.4. The molecule has 0 radical (unpaired) electrons. The second-order valence-corrected chi connectivity index (χ2v) is 6.05. The predicted molar refractivity (Wildman–Crippen MR) is 108 cm³/mol. The van der Waals surface area contributed by atoms with Crippen molar-refractivity contribution in [3.05, 3.63) is 53.1 Å². The smallest absolute Gasteiger partial charge is 0.269 e. The van der Waals surface area contributed by atoms with Gasteiger partial charge in [-0.25, -0.2) is 0 Å². The molecule has 0 aliphatic heterocycles. The number of ether oxygens (including phenoxy) is 3. The first-order valence-corrected chi connectivity index (χ1v) is 8.58. The fourth-order valence-corrected chi connectivity index (χ4v) is 2.45. The second kappa shape index (κ2) is 9.56. The van der Waals surface area contributed by atoms with E-state index in [0.717, 1.165) is 5.56 Å². The van der Waals surface area contributed by atoms with Crippen LogP contribution in [0.4, 0.5) is 0 Å². The normalized spacial score (nSPS) is 9.86. The molecule has 9 heteroatoms. The molecule has 0 unspecified atom stereocenters. The van der Waals surface area contributed by atoms with E-state index >= 15 is 0 Å². The molecule has 0 aromatic heterocycles. The van der Waals surface area contributed by atoms with Crippen LogP contribution in [0.25, 0.3) is 0 Å². The summed E-state index contributed by atoms with van der Waals surface area (Å²) in [7, 11) is 4.37. The molecule has 2 rings (SSSR count). The summed E-state index contributed by atoms with van der Waals surface area (Å²) in [5, 5.41) is 2.40. The minimum Gasteiger partial charge on any atom is -0.493 e. The fraction of sp³-hybridized carbons (Fsp3) is 0.211. The van der Waals surface area contributed by atoms with E-state index in [2.05, 4.69) is 16.2 Å². The summed E-state index contributed by atoms with van der Waals surface area (Å²) in [4.78, 5) is 24.5. The average Bonchev–Trinajstić information content (AvgIpc) is 2.71. The molecule has 0 saturated heterocycles. The molecule has 2 aromatic carbocycles. The molecule has 0 aliphatic rings. The van der Waals surface area contributed by atoms with E-state index in [9.17, 15) is 9.59 Å². The zero-order valence-electron chi connectivity index (χ0n) is 15.9. The number of rotatable bonds is 5. The van der Waals surface area contributed by atoms with Crippen molar-refractivity contribution in [2.45, 2.75) is 6.92 Å². The lowest BCUT2D eigenvalue weighted by Crippen LogP contribution is -2.48. The molecule has 0 saturated carbocycles. The zero-order valence-corrected chi connectivity index (χ0v) is 16.7. The lowest BCUT2D eigenvalue weighted by molar-refractivity contribution is 0.0934. The highest BCUT2D eigenvalue weighted by molar-refractivity contribution is 7.80. The summed E-state index contributed by atoms with van der Waals surface area (Å²) in [6.45, 7) is 1.92. The third-order valence-electron chi connectivity index (χ3n) is 3.76. The van der Waals surface area contributed by atoms with Gasteiger partial charge in [0.25, 0.3) is 11.8 Å². The van der Waals surface area contributed by atoms with Crippen LogP contribution < -0.4 is 30.4 Å². The first-order valence-electron chi connectivity index (χ1n) is 8.18. The Morgan fingerprint density at radius 3 is 1.89 bits per heavy atom. The summed E-state index contributed by atoms with van der Waals surface area (Å²) in [5.41, 5.74) is 6.65. The average molecular weight is 403 g/mol. The summed E-state index contributed by atoms with van der Waals surface area (Å²) in [5.74, 6) is 0.135. The Kier molecular flexibility index (Phi) is 7.16. The van der Waals surface area contributed by atoms with Gasteiger partial charge in [-0.1, -0.05) is 17.7 Å². The Hall–Kier alpha value is -3.33. The van der Waals surface area contributed by atoms with Gasteiger partial charge < -0.3 is 14.2 Å². The number of nitrogens with one attached hydrogen (secondary N) is 3. The van der Waals surface area contributed by atoms with Crippen molar-refractivity contribution in [3.63, 3.8) is 0 Å². The summed E-state index contributed by atoms with van der Waals surface area (Å²) in [6.07, 6.45) is 0. The lowest BCUT2D eigenvalue weighted by Gasteiger charge is -2.15. The van der Waals surface area contributed by atoms with Crippen LogP contribution >= 0.6 is 12.2 Å². The van der Waals surface area contributed by atoms with Crippen molar-refractivity contribution >= 4 is 29.1 Å². The summed E-state index contributed by atoms with van der Waals surface area (Å²) < 4.78 is 15.7. The lowest BCUT2D eigenvalue weighted by atomic mass is 10.1. The Balaban J connectivity index is 2.01. The van der Waals surface area contributed by atoms with Crippen molar-refractivity contribution < 1.29 is 23.8 Å². The topological polar surface area (TPSA) is 97.9 Å². The van der Waals surface area contributed by atoms with Gasteiger partial charge in [-0.3, -0.25) is 25.8 Å². The van der Waals surface area contributed by atoms with Crippen molar-refractivity contribution in [1.29, 1.82) is 0 Å². The van der Waals surface area contributed by atoms with E-state index in [-0.39, 0.29) is 16.6 Å². The maximum Gasteiger partial charge on any atom is 0.269 e. The number of methoxy groups -OCH3 is 3. The minimum atomic E-state index is -0.513. The van der Waals surface area contributed by atoms with Crippen LogP contribution in [0.15, 0.2) is 36.4 Å². The molecule has 148 valence electrons. The third kappa shape index (κ3) is 5.10. The molecule has 0 spiro atoms. The van der Waals surface area contributed by atoms with Gasteiger partial charge in [-0.2, -0.15) is 0 Å². The van der Waals surface area contributed by atoms with Gasteiger partial charge in [0.05, 0.1) is 21.3 Å². The molecular formula is C19H21N3O5S. The van der Waals surface area contributed by atoms with Crippen LogP contribution in [0.1, 0.15) is 26.3 Å². The number of aryl methyl sites for hydroxylation is 1. The highest BCUT2D eigenvalue weighted by Crippen LogP contribution is 2.38. The molecule has 0 heterocycles. The van der Waals surface area contributed by atoms with Crippen molar-refractivity contribution in [3.8, 4) is 17.2 Å². The Morgan fingerprint density at radius 2 is 1.39 bits per heavy atom. The molecule has 0 atom stereocenters. The van der Waals surface area contributed by atoms with Crippen LogP contribution in [0.3, 0.4) is 0 Å². The van der Waals surface area contributed by atoms with E-state index < -0.39 is 5.91 Å². The quantitative estimate of drug-likeness (QED) is 0.519. The van der Waals surface area contributed by atoms with Gasteiger partial charge in [0.2, 0.25) is 5.75 Å².